The van der Waals surface area contributed by atoms with Gasteiger partial charge in [-0.1, -0.05) is 49.6 Å². The number of nitrogens with one attached hydrogen (secondary N) is 2. The highest BCUT2D eigenvalue weighted by molar-refractivity contribution is 7.71. The molecule has 0 atom stereocenters. The van der Waals surface area contributed by atoms with Crippen LogP contribution in [-0.2, 0) is 13.1 Å². The molecule has 1 fully saturated rings. The van der Waals surface area contributed by atoms with Crippen molar-refractivity contribution in [2.24, 2.45) is 0 Å². The first-order valence-corrected chi connectivity index (χ1v) is 9.51. The summed E-state index contributed by atoms with van der Waals surface area (Å²) >= 11 is 5.43. The third kappa shape index (κ3) is 3.41. The van der Waals surface area contributed by atoms with Crippen molar-refractivity contribution in [3.63, 3.8) is 0 Å². The Morgan fingerprint density at radius 1 is 1.12 bits per heavy atom. The quantitative estimate of drug-likeness (QED) is 0.827. The first kappa shape index (κ1) is 16.5. The van der Waals surface area contributed by atoms with Crippen LogP contribution >= 0.6 is 12.2 Å². The average molecular weight is 356 g/mol. The summed E-state index contributed by atoms with van der Waals surface area (Å²) in [6.45, 7) is 2.15. The lowest BCUT2D eigenvalue weighted by atomic mass is 9.94. The molecule has 1 aromatic heterocycles. The van der Waals surface area contributed by atoms with E-state index in [2.05, 4.69) is 27.3 Å². The Bertz CT molecular complexity index is 852. The fourth-order valence-electron chi connectivity index (χ4n) is 4.02. The average Bonchev–Trinajstić information content (AvgIpc) is 2.66. The minimum atomic E-state index is -0.0580. The lowest BCUT2D eigenvalue weighted by molar-refractivity contribution is 0.152. The Morgan fingerprint density at radius 3 is 2.64 bits per heavy atom. The highest BCUT2D eigenvalue weighted by Crippen LogP contribution is 2.27. The van der Waals surface area contributed by atoms with Gasteiger partial charge in [-0.3, -0.25) is 14.7 Å². The minimum Gasteiger partial charge on any atom is -0.358 e. The van der Waals surface area contributed by atoms with Crippen LogP contribution in [0, 0.1) is 4.77 Å². The Hall–Kier alpha value is -1.92. The maximum atomic E-state index is 12.5. The van der Waals surface area contributed by atoms with Crippen molar-refractivity contribution in [1.82, 2.24) is 14.5 Å². The van der Waals surface area contributed by atoms with Gasteiger partial charge in [-0.25, -0.2) is 0 Å². The molecule has 6 heteroatoms. The van der Waals surface area contributed by atoms with Crippen molar-refractivity contribution >= 4 is 18.0 Å². The van der Waals surface area contributed by atoms with Crippen LogP contribution in [-0.4, -0.2) is 27.2 Å². The standard InChI is InChI=1S/C19H24N4OS/c24-18-16-12-22(15-9-5-2-6-10-15)13-20-17(16)23(19(25)21-18)11-14-7-3-1-4-8-14/h1,3-4,7-8,15,20H,2,5-6,9-13H2,(H,21,24,25). The fraction of sp³-hybridized carbons (Fsp3) is 0.474. The fourth-order valence-corrected chi connectivity index (χ4v) is 4.27. The van der Waals surface area contributed by atoms with Gasteiger partial charge in [0.25, 0.3) is 5.56 Å². The summed E-state index contributed by atoms with van der Waals surface area (Å²) in [4.78, 5) is 17.8. The SMILES string of the molecule is O=c1[nH]c(=S)n(Cc2ccccc2)c2c1CN(C1CCCCC1)CN2. The first-order valence-electron chi connectivity index (χ1n) is 9.10. The Morgan fingerprint density at radius 2 is 1.88 bits per heavy atom. The normalized spacial score (nSPS) is 18.6. The highest BCUT2D eigenvalue weighted by Gasteiger charge is 2.27. The first-order chi connectivity index (χ1) is 12.2. The molecular formula is C19H24N4OS. The van der Waals surface area contributed by atoms with Crippen LogP contribution in [0.3, 0.4) is 0 Å². The van der Waals surface area contributed by atoms with Crippen molar-refractivity contribution < 1.29 is 0 Å². The number of rotatable bonds is 3. The monoisotopic (exact) mass is 356 g/mol. The van der Waals surface area contributed by atoms with Crippen molar-refractivity contribution in [2.75, 3.05) is 12.0 Å². The molecule has 1 aromatic carbocycles. The van der Waals surface area contributed by atoms with Crippen LogP contribution in [0.2, 0.25) is 0 Å². The minimum absolute atomic E-state index is 0.0580. The number of hydrogen-bond acceptors (Lipinski definition) is 4. The maximum absolute atomic E-state index is 12.5. The summed E-state index contributed by atoms with van der Waals surface area (Å²) in [5, 5.41) is 3.48. The van der Waals surface area contributed by atoms with Gasteiger partial charge in [-0.2, -0.15) is 0 Å². The summed E-state index contributed by atoms with van der Waals surface area (Å²) in [7, 11) is 0. The molecule has 2 N–H and O–H groups in total. The molecule has 4 rings (SSSR count). The van der Waals surface area contributed by atoms with E-state index in [0.29, 0.717) is 23.9 Å². The van der Waals surface area contributed by atoms with E-state index in [4.69, 9.17) is 12.2 Å². The van der Waals surface area contributed by atoms with Gasteiger partial charge in [0.15, 0.2) is 4.77 Å². The molecule has 25 heavy (non-hydrogen) atoms. The molecule has 1 aliphatic heterocycles. The molecule has 1 saturated carbocycles. The van der Waals surface area contributed by atoms with Gasteiger partial charge in [-0.05, 0) is 30.6 Å². The lowest BCUT2D eigenvalue weighted by Crippen LogP contribution is -2.45. The predicted octanol–water partition coefficient (Wildman–Crippen LogP) is 3.47. The molecule has 2 heterocycles. The Balaban J connectivity index is 1.65. The van der Waals surface area contributed by atoms with Gasteiger partial charge in [0.1, 0.15) is 5.82 Å². The van der Waals surface area contributed by atoms with Gasteiger partial charge in [0.2, 0.25) is 0 Å². The molecule has 2 aromatic rings. The number of aromatic amines is 1. The van der Waals surface area contributed by atoms with E-state index in [9.17, 15) is 4.79 Å². The molecule has 0 spiro atoms. The molecule has 132 valence electrons. The van der Waals surface area contributed by atoms with E-state index in [1.54, 1.807) is 0 Å². The Kier molecular flexibility index (Phi) is 4.72. The molecule has 2 aliphatic rings. The predicted molar refractivity (Wildman–Crippen MR) is 102 cm³/mol. The number of fused-ring (bicyclic) bond motifs is 1. The molecule has 0 unspecified atom stereocenters. The molecule has 0 amide bonds. The van der Waals surface area contributed by atoms with E-state index in [-0.39, 0.29) is 5.56 Å². The van der Waals surface area contributed by atoms with E-state index in [1.807, 2.05) is 22.8 Å². The molecule has 0 radical (unpaired) electrons. The van der Waals surface area contributed by atoms with Crippen LogP contribution in [0.25, 0.3) is 0 Å². The number of benzene rings is 1. The lowest BCUT2D eigenvalue weighted by Gasteiger charge is -2.38. The second kappa shape index (κ2) is 7.14. The third-order valence-corrected chi connectivity index (χ3v) is 5.70. The third-order valence-electron chi connectivity index (χ3n) is 5.38. The van der Waals surface area contributed by atoms with Crippen LogP contribution < -0.4 is 10.9 Å². The van der Waals surface area contributed by atoms with Gasteiger partial charge in [0, 0.05) is 12.6 Å². The summed E-state index contributed by atoms with van der Waals surface area (Å²) in [6, 6.07) is 10.8. The number of hydrogen-bond donors (Lipinski definition) is 2. The molecule has 0 saturated heterocycles. The smallest absolute Gasteiger partial charge is 0.258 e. The van der Waals surface area contributed by atoms with Gasteiger partial charge in [-0.15, -0.1) is 0 Å². The van der Waals surface area contributed by atoms with Crippen LogP contribution in [0.4, 0.5) is 5.82 Å². The van der Waals surface area contributed by atoms with E-state index >= 15 is 0 Å². The van der Waals surface area contributed by atoms with Gasteiger partial charge < -0.3 is 9.88 Å². The number of H-pyrrole nitrogens is 1. The molecule has 1 aliphatic carbocycles. The van der Waals surface area contributed by atoms with E-state index in [0.717, 1.165) is 18.1 Å². The summed E-state index contributed by atoms with van der Waals surface area (Å²) < 4.78 is 2.49. The largest absolute Gasteiger partial charge is 0.358 e. The van der Waals surface area contributed by atoms with E-state index < -0.39 is 0 Å². The van der Waals surface area contributed by atoms with Crippen molar-refractivity contribution in [3.8, 4) is 0 Å². The van der Waals surface area contributed by atoms with Crippen LogP contribution in [0.15, 0.2) is 35.1 Å². The zero-order chi connectivity index (χ0) is 17.2. The zero-order valence-electron chi connectivity index (χ0n) is 14.3. The van der Waals surface area contributed by atoms with Crippen LogP contribution in [0.1, 0.15) is 43.2 Å². The summed E-state index contributed by atoms with van der Waals surface area (Å²) in [5.41, 5.74) is 1.92. The van der Waals surface area contributed by atoms with E-state index in [1.165, 1.54) is 37.7 Å². The summed E-state index contributed by atoms with van der Waals surface area (Å²) in [6.07, 6.45) is 6.40. The van der Waals surface area contributed by atoms with Crippen molar-refractivity contribution in [3.05, 3.63) is 56.6 Å². The second-order valence-corrected chi connectivity index (χ2v) is 7.42. The van der Waals surface area contributed by atoms with Crippen molar-refractivity contribution in [2.45, 2.75) is 51.2 Å². The summed E-state index contributed by atoms with van der Waals surface area (Å²) in [5.74, 6) is 0.879. The number of nitrogens with zero attached hydrogens (tertiary/aromatic N) is 2. The molecular weight excluding hydrogens is 332 g/mol. The van der Waals surface area contributed by atoms with Gasteiger partial charge in [0.05, 0.1) is 18.8 Å². The Labute approximate surface area is 152 Å². The topological polar surface area (TPSA) is 53.1 Å². The van der Waals surface area contributed by atoms with Crippen molar-refractivity contribution in [1.29, 1.82) is 0 Å². The van der Waals surface area contributed by atoms with Crippen LogP contribution in [0.5, 0.6) is 0 Å². The number of anilines is 1. The number of aromatic nitrogens is 2. The zero-order valence-corrected chi connectivity index (χ0v) is 15.1. The van der Waals surface area contributed by atoms with Gasteiger partial charge >= 0.3 is 0 Å². The highest BCUT2D eigenvalue weighted by atomic mass is 32.1. The second-order valence-electron chi connectivity index (χ2n) is 7.03. The maximum Gasteiger partial charge on any atom is 0.258 e. The molecule has 0 bridgehead atoms. The molecule has 5 nitrogen and oxygen atoms in total.